The number of nitrogens with one attached hydrogen (secondary N) is 2. The fraction of sp³-hybridized carbons (Fsp3) is 0.318. The molecule has 0 radical (unpaired) electrons. The second-order valence-electron chi connectivity index (χ2n) is 7.87. The summed E-state index contributed by atoms with van der Waals surface area (Å²) in [5, 5.41) is 6.04. The van der Waals surface area contributed by atoms with Crippen LogP contribution in [0.5, 0.6) is 0 Å². The van der Waals surface area contributed by atoms with Gasteiger partial charge in [0.15, 0.2) is 0 Å². The number of rotatable bonds is 5. The van der Waals surface area contributed by atoms with E-state index in [0.29, 0.717) is 28.7 Å². The van der Waals surface area contributed by atoms with Crippen molar-refractivity contribution in [2.45, 2.75) is 39.7 Å². The Labute approximate surface area is 183 Å². The molecule has 0 aliphatic rings. The Bertz CT molecular complexity index is 1120. The van der Waals surface area contributed by atoms with Crippen LogP contribution >= 0.6 is 15.9 Å². The fourth-order valence-electron chi connectivity index (χ4n) is 2.91. The summed E-state index contributed by atoms with van der Waals surface area (Å²) in [6.07, 6.45) is 0.169. The molecule has 3 aromatic rings. The van der Waals surface area contributed by atoms with Gasteiger partial charge < -0.3 is 14.5 Å². The predicted octanol–water partition coefficient (Wildman–Crippen LogP) is 5.26. The van der Waals surface area contributed by atoms with Crippen molar-refractivity contribution in [3.05, 3.63) is 62.4 Å². The van der Waals surface area contributed by atoms with Crippen LogP contribution in [0.1, 0.15) is 31.9 Å². The Hall–Kier alpha value is -2.87. The van der Waals surface area contributed by atoms with Gasteiger partial charge in [0.1, 0.15) is 5.60 Å². The molecule has 0 saturated heterocycles. The van der Waals surface area contributed by atoms with Crippen LogP contribution in [-0.4, -0.2) is 23.2 Å². The van der Waals surface area contributed by atoms with Gasteiger partial charge in [0, 0.05) is 16.7 Å². The minimum atomic E-state index is -0.619. The molecule has 3 rings (SSSR count). The zero-order valence-corrected chi connectivity index (χ0v) is 18.9. The maximum absolute atomic E-state index is 12.6. The molecule has 0 unspecified atom stereocenters. The number of aryl methyl sites for hydroxylation is 1. The van der Waals surface area contributed by atoms with Crippen molar-refractivity contribution in [3.63, 3.8) is 0 Å². The third-order valence-corrected chi connectivity index (χ3v) is 4.83. The summed E-state index contributed by atoms with van der Waals surface area (Å²) in [5.74, 6) is 0. The van der Waals surface area contributed by atoms with Crippen LogP contribution in [-0.2, 0) is 11.2 Å². The van der Waals surface area contributed by atoms with E-state index in [0.717, 1.165) is 16.5 Å². The molecule has 0 fully saturated rings. The molecule has 1 aromatic heterocycles. The molecule has 0 saturated carbocycles. The minimum absolute atomic E-state index is 0.164. The summed E-state index contributed by atoms with van der Waals surface area (Å²) in [6, 6.07) is 11.5. The Balaban J connectivity index is 1.75. The third kappa shape index (κ3) is 5.60. The van der Waals surface area contributed by atoms with Gasteiger partial charge in [0.2, 0.25) is 0 Å². The zero-order chi connectivity index (χ0) is 21.9. The maximum Gasteiger partial charge on any atom is 0.412 e. The quantitative estimate of drug-likeness (QED) is 0.524. The normalized spacial score (nSPS) is 11.4. The summed E-state index contributed by atoms with van der Waals surface area (Å²) < 4.78 is 11.6. The van der Waals surface area contributed by atoms with Crippen molar-refractivity contribution < 1.29 is 13.9 Å². The molecule has 1 amide bonds. The number of carbonyl (C=O) groups excluding carboxylic acids is 1. The number of amides is 1. The van der Waals surface area contributed by atoms with Crippen molar-refractivity contribution in [2.75, 3.05) is 17.2 Å². The summed E-state index contributed by atoms with van der Waals surface area (Å²) in [4.78, 5) is 29.0. The second kappa shape index (κ2) is 8.87. The molecule has 158 valence electrons. The minimum Gasteiger partial charge on any atom is -0.444 e. The van der Waals surface area contributed by atoms with E-state index < -0.39 is 17.3 Å². The number of benzene rings is 2. The van der Waals surface area contributed by atoms with E-state index in [1.807, 2.05) is 24.3 Å². The highest BCUT2D eigenvalue weighted by Crippen LogP contribution is 2.24. The summed E-state index contributed by atoms with van der Waals surface area (Å²) in [5.41, 5.74) is 1.55. The molecule has 0 aliphatic heterocycles. The fourth-order valence-corrected chi connectivity index (χ4v) is 3.17. The molecule has 1 heterocycles. The molecule has 7 nitrogen and oxygen atoms in total. The van der Waals surface area contributed by atoms with Crippen LogP contribution in [0, 0.1) is 6.92 Å². The number of hydrogen-bond acceptors (Lipinski definition) is 6. The molecule has 2 aromatic carbocycles. The summed E-state index contributed by atoms with van der Waals surface area (Å²) >= 11 is 3.41. The molecule has 2 N–H and O–H groups in total. The van der Waals surface area contributed by atoms with Gasteiger partial charge in [-0.25, -0.2) is 9.59 Å². The van der Waals surface area contributed by atoms with Crippen molar-refractivity contribution in [1.82, 2.24) is 4.98 Å². The van der Waals surface area contributed by atoms with E-state index in [4.69, 9.17) is 9.15 Å². The molecule has 0 spiro atoms. The number of ether oxygens (including phenoxy) is 1. The highest BCUT2D eigenvalue weighted by molar-refractivity contribution is 9.10. The number of aromatic nitrogens is 1. The first kappa shape index (κ1) is 21.8. The first-order valence-electron chi connectivity index (χ1n) is 9.55. The van der Waals surface area contributed by atoms with E-state index in [1.54, 1.807) is 39.8 Å². The van der Waals surface area contributed by atoms with E-state index in [1.165, 1.54) is 0 Å². The van der Waals surface area contributed by atoms with Crippen molar-refractivity contribution in [1.29, 1.82) is 0 Å². The number of hydrogen-bond donors (Lipinski definition) is 2. The van der Waals surface area contributed by atoms with Crippen molar-refractivity contribution in [2.24, 2.45) is 0 Å². The van der Waals surface area contributed by atoms with Crippen molar-refractivity contribution >= 4 is 44.6 Å². The number of halogens is 1. The third-order valence-electron chi connectivity index (χ3n) is 4.30. The van der Waals surface area contributed by atoms with Gasteiger partial charge in [-0.05, 0) is 69.5 Å². The maximum atomic E-state index is 12.6. The van der Waals surface area contributed by atoms with Gasteiger partial charge in [-0.1, -0.05) is 28.1 Å². The lowest BCUT2D eigenvalue weighted by molar-refractivity contribution is 0.0636. The van der Waals surface area contributed by atoms with E-state index in [2.05, 4.69) is 31.5 Å². The Morgan fingerprint density at radius 1 is 1.17 bits per heavy atom. The van der Waals surface area contributed by atoms with Crippen LogP contribution in [0.3, 0.4) is 0 Å². The number of carbonyl (C=O) groups is 1. The largest absolute Gasteiger partial charge is 0.444 e. The van der Waals surface area contributed by atoms with Crippen LogP contribution in [0.25, 0.3) is 10.9 Å². The monoisotopic (exact) mass is 473 g/mol. The van der Waals surface area contributed by atoms with E-state index in [-0.39, 0.29) is 6.01 Å². The van der Waals surface area contributed by atoms with Gasteiger partial charge in [-0.15, -0.1) is 0 Å². The Morgan fingerprint density at radius 3 is 2.53 bits per heavy atom. The molecular formula is C22H24BrN3O4. The number of nitrogens with zero attached hydrogens (tertiary/aromatic N) is 1. The summed E-state index contributed by atoms with van der Waals surface area (Å²) in [7, 11) is 0. The molecular weight excluding hydrogens is 450 g/mol. The Kier molecular flexibility index (Phi) is 6.45. The average Bonchev–Trinajstić information content (AvgIpc) is 2.64. The van der Waals surface area contributed by atoms with Gasteiger partial charge in [0.05, 0.1) is 10.9 Å². The zero-order valence-electron chi connectivity index (χ0n) is 17.3. The van der Waals surface area contributed by atoms with Gasteiger partial charge in [0.25, 0.3) is 6.01 Å². The molecule has 0 aliphatic carbocycles. The van der Waals surface area contributed by atoms with Crippen LogP contribution in [0.4, 0.5) is 16.5 Å². The van der Waals surface area contributed by atoms with Crippen LogP contribution in [0.2, 0.25) is 0 Å². The highest BCUT2D eigenvalue weighted by atomic mass is 79.9. The SMILES string of the molecule is Cc1c(NC(=O)OC(C)(C)C)ccc2nc(NCCc3ccc(Br)cc3)oc(=O)c12. The molecule has 8 heteroatoms. The lowest BCUT2D eigenvalue weighted by Crippen LogP contribution is -2.27. The predicted molar refractivity (Wildman–Crippen MR) is 121 cm³/mol. The van der Waals surface area contributed by atoms with Gasteiger partial charge in [-0.2, -0.15) is 4.98 Å². The molecule has 30 heavy (non-hydrogen) atoms. The van der Waals surface area contributed by atoms with Crippen LogP contribution < -0.4 is 16.3 Å². The number of anilines is 2. The van der Waals surface area contributed by atoms with Crippen molar-refractivity contribution in [3.8, 4) is 0 Å². The smallest absolute Gasteiger partial charge is 0.412 e. The lowest BCUT2D eigenvalue weighted by Gasteiger charge is -2.20. The van der Waals surface area contributed by atoms with E-state index >= 15 is 0 Å². The molecule has 0 bridgehead atoms. The second-order valence-corrected chi connectivity index (χ2v) is 8.78. The lowest BCUT2D eigenvalue weighted by atomic mass is 10.1. The standard InChI is InChI=1S/C22H24BrN3O4/c1-13-16(26-21(28)30-22(2,3)4)9-10-17-18(13)19(27)29-20(25-17)24-12-11-14-5-7-15(23)8-6-14/h5-10H,11-12H2,1-4H3,(H,24,25)(H,26,28). The molecule has 0 atom stereocenters. The first-order valence-corrected chi connectivity index (χ1v) is 10.3. The summed E-state index contributed by atoms with van der Waals surface area (Å²) in [6.45, 7) is 7.64. The highest BCUT2D eigenvalue weighted by Gasteiger charge is 2.18. The topological polar surface area (TPSA) is 93.5 Å². The Morgan fingerprint density at radius 2 is 1.87 bits per heavy atom. The first-order chi connectivity index (χ1) is 14.1. The van der Waals surface area contributed by atoms with Crippen LogP contribution in [0.15, 0.2) is 50.1 Å². The van der Waals surface area contributed by atoms with E-state index in [9.17, 15) is 9.59 Å². The number of fused-ring (bicyclic) bond motifs is 1. The van der Waals surface area contributed by atoms with Gasteiger partial charge in [-0.3, -0.25) is 5.32 Å². The average molecular weight is 474 g/mol. The van der Waals surface area contributed by atoms with Gasteiger partial charge >= 0.3 is 11.7 Å².